The van der Waals surface area contributed by atoms with Gasteiger partial charge in [0, 0.05) is 69.5 Å². The third-order valence-electron chi connectivity index (χ3n) is 6.33. The molecule has 1 atom stereocenters. The van der Waals surface area contributed by atoms with E-state index >= 15 is 0 Å². The topological polar surface area (TPSA) is 50.3 Å². The minimum Gasteiger partial charge on any atom is -0.336 e. The maximum absolute atomic E-state index is 11.7. The Morgan fingerprint density at radius 2 is 1.47 bits per heavy atom. The normalized spacial score (nSPS) is 22.0. The summed E-state index contributed by atoms with van der Waals surface area (Å²) in [4.78, 5) is 34.1. The molecule has 0 bridgehead atoms. The van der Waals surface area contributed by atoms with Crippen molar-refractivity contribution >= 4 is 11.8 Å². The Morgan fingerprint density at radius 1 is 0.938 bits per heavy atom. The van der Waals surface area contributed by atoms with E-state index < -0.39 is 0 Å². The Balaban J connectivity index is 0.000000323. The van der Waals surface area contributed by atoms with E-state index in [4.69, 9.17) is 0 Å². The molecule has 2 fully saturated rings. The Hall–Kier alpha value is -1.70. The number of likely N-dealkylation sites (N-methyl/N-ethyl adjacent to an activating group) is 1. The number of rotatable bonds is 6. The molecule has 2 saturated heterocycles. The molecule has 7 heteroatoms. The van der Waals surface area contributed by atoms with Gasteiger partial charge in [0.25, 0.3) is 0 Å². The van der Waals surface area contributed by atoms with Gasteiger partial charge in [-0.1, -0.05) is 13.2 Å². The highest BCUT2D eigenvalue weighted by Crippen LogP contribution is 2.23. The van der Waals surface area contributed by atoms with Gasteiger partial charge in [-0.3, -0.25) is 19.4 Å². The minimum absolute atomic E-state index is 0.0477. The first-order chi connectivity index (χ1) is 14.8. The van der Waals surface area contributed by atoms with Gasteiger partial charge in [-0.2, -0.15) is 0 Å². The van der Waals surface area contributed by atoms with Gasteiger partial charge in [0.1, 0.15) is 0 Å². The van der Waals surface area contributed by atoms with E-state index in [2.05, 4.69) is 83.5 Å². The summed E-state index contributed by atoms with van der Waals surface area (Å²) in [6, 6.07) is 1.48. The summed E-state index contributed by atoms with van der Waals surface area (Å²) in [6.45, 7) is 26.4. The van der Waals surface area contributed by atoms with Crippen molar-refractivity contribution in [1.82, 2.24) is 24.5 Å². The smallest absolute Gasteiger partial charge is 0.246 e. The Bertz CT molecular complexity index is 644. The van der Waals surface area contributed by atoms with E-state index in [1.54, 1.807) is 0 Å². The van der Waals surface area contributed by atoms with Gasteiger partial charge < -0.3 is 14.7 Å². The molecule has 0 N–H and O–H groups in total. The van der Waals surface area contributed by atoms with Crippen molar-refractivity contribution in [3.05, 3.63) is 25.3 Å². The third-order valence-corrected chi connectivity index (χ3v) is 6.33. The fraction of sp³-hybridized carbons (Fsp3) is 0.760. The first kappa shape index (κ1) is 28.3. The second kappa shape index (κ2) is 12.5. The molecule has 184 valence electrons. The van der Waals surface area contributed by atoms with Gasteiger partial charge in [0.2, 0.25) is 11.8 Å². The summed E-state index contributed by atoms with van der Waals surface area (Å²) >= 11 is 0. The fourth-order valence-corrected chi connectivity index (χ4v) is 4.90. The maximum atomic E-state index is 11.7. The molecule has 2 aliphatic heterocycles. The molecule has 1 unspecified atom stereocenters. The third kappa shape index (κ3) is 8.01. The molecule has 0 aromatic carbocycles. The van der Waals surface area contributed by atoms with Gasteiger partial charge >= 0.3 is 0 Å². The van der Waals surface area contributed by atoms with Gasteiger partial charge in [-0.05, 0) is 67.8 Å². The molecule has 0 aromatic heterocycles. The van der Waals surface area contributed by atoms with Crippen LogP contribution in [0.2, 0.25) is 0 Å². The SMILES string of the molecule is C=CC(=O)N1CCN(C(C)C)C(C)(C)C1.C=CC(=O)N1CCN(C(C)C)C(CN(C)C)C1. The number of nitrogens with zero attached hydrogens (tertiary/aromatic N) is 5. The van der Waals surface area contributed by atoms with E-state index in [-0.39, 0.29) is 17.4 Å². The van der Waals surface area contributed by atoms with Crippen LogP contribution < -0.4 is 0 Å². The van der Waals surface area contributed by atoms with Crippen molar-refractivity contribution in [2.45, 2.75) is 65.2 Å². The quantitative estimate of drug-likeness (QED) is 0.582. The molecule has 2 aliphatic rings. The van der Waals surface area contributed by atoms with Gasteiger partial charge in [-0.25, -0.2) is 0 Å². The number of carbonyl (C=O) groups is 2. The molecule has 32 heavy (non-hydrogen) atoms. The summed E-state index contributed by atoms with van der Waals surface area (Å²) in [7, 11) is 4.15. The Kier molecular flexibility index (Phi) is 11.1. The van der Waals surface area contributed by atoms with Crippen molar-refractivity contribution < 1.29 is 9.59 Å². The highest BCUT2D eigenvalue weighted by atomic mass is 16.2. The lowest BCUT2D eigenvalue weighted by Crippen LogP contribution is -2.62. The molecular weight excluding hydrogens is 402 g/mol. The highest BCUT2D eigenvalue weighted by Gasteiger charge is 2.36. The maximum Gasteiger partial charge on any atom is 0.246 e. The Labute approximate surface area is 196 Å². The van der Waals surface area contributed by atoms with Crippen LogP contribution in [0.15, 0.2) is 25.3 Å². The predicted octanol–water partition coefficient (Wildman–Crippen LogP) is 2.16. The van der Waals surface area contributed by atoms with Crippen LogP contribution in [0, 0.1) is 0 Å². The minimum atomic E-state index is 0.0477. The number of hydrogen-bond acceptors (Lipinski definition) is 5. The molecule has 0 radical (unpaired) electrons. The lowest BCUT2D eigenvalue weighted by molar-refractivity contribution is -0.131. The highest BCUT2D eigenvalue weighted by molar-refractivity contribution is 5.87. The summed E-state index contributed by atoms with van der Waals surface area (Å²) in [5, 5.41) is 0. The summed E-state index contributed by atoms with van der Waals surface area (Å²) in [5.74, 6) is 0.101. The molecule has 7 nitrogen and oxygen atoms in total. The molecule has 0 aromatic rings. The number of hydrogen-bond donors (Lipinski definition) is 0. The number of piperazine rings is 2. The van der Waals surface area contributed by atoms with Crippen molar-refractivity contribution in [3.63, 3.8) is 0 Å². The number of amides is 2. The molecule has 2 amide bonds. The molecule has 0 aliphatic carbocycles. The van der Waals surface area contributed by atoms with Crippen molar-refractivity contribution in [2.24, 2.45) is 0 Å². The Morgan fingerprint density at radius 3 is 1.91 bits per heavy atom. The van der Waals surface area contributed by atoms with E-state index in [1.807, 2.05) is 9.80 Å². The molecular formula is C25H47N5O2. The average molecular weight is 450 g/mol. The molecule has 2 heterocycles. The standard InChI is InChI=1S/C13H25N3O.C12H22N2O/c1-6-13(17)15-7-8-16(11(2)3)12(10-15)9-14(4)5;1-6-11(15)13-7-8-14(10(2)3)12(4,5)9-13/h6,11-12H,1,7-10H2,2-5H3;6,10H,1,7-9H2,2-5H3. The van der Waals surface area contributed by atoms with E-state index in [9.17, 15) is 9.59 Å². The largest absolute Gasteiger partial charge is 0.336 e. The predicted molar refractivity (Wildman–Crippen MR) is 134 cm³/mol. The van der Waals surface area contributed by atoms with Gasteiger partial charge in [-0.15, -0.1) is 0 Å². The van der Waals surface area contributed by atoms with Crippen LogP contribution in [0.25, 0.3) is 0 Å². The van der Waals surface area contributed by atoms with E-state index in [1.165, 1.54) is 12.2 Å². The molecule has 0 saturated carbocycles. The monoisotopic (exact) mass is 449 g/mol. The first-order valence-electron chi connectivity index (χ1n) is 11.8. The van der Waals surface area contributed by atoms with Crippen molar-refractivity contribution in [3.8, 4) is 0 Å². The lowest BCUT2D eigenvalue weighted by Gasteiger charge is -2.49. The zero-order valence-electron chi connectivity index (χ0n) is 21.8. The summed E-state index contributed by atoms with van der Waals surface area (Å²) in [6.07, 6.45) is 2.82. The van der Waals surface area contributed by atoms with Crippen LogP contribution in [0.3, 0.4) is 0 Å². The zero-order chi connectivity index (χ0) is 24.6. The van der Waals surface area contributed by atoms with Crippen LogP contribution in [0.5, 0.6) is 0 Å². The van der Waals surface area contributed by atoms with Gasteiger partial charge in [0.05, 0.1) is 0 Å². The van der Waals surface area contributed by atoms with E-state index in [0.29, 0.717) is 18.1 Å². The van der Waals surface area contributed by atoms with Crippen LogP contribution in [0.4, 0.5) is 0 Å². The molecule has 2 rings (SSSR count). The van der Waals surface area contributed by atoms with E-state index in [0.717, 1.165) is 45.8 Å². The van der Waals surface area contributed by atoms with Crippen LogP contribution in [0.1, 0.15) is 41.5 Å². The number of carbonyl (C=O) groups excluding carboxylic acids is 2. The summed E-state index contributed by atoms with van der Waals surface area (Å²) < 4.78 is 0. The fourth-order valence-electron chi connectivity index (χ4n) is 4.90. The molecule has 0 spiro atoms. The average Bonchev–Trinajstić information content (AvgIpc) is 2.71. The zero-order valence-corrected chi connectivity index (χ0v) is 21.8. The van der Waals surface area contributed by atoms with Crippen molar-refractivity contribution in [1.29, 1.82) is 0 Å². The summed E-state index contributed by atoms with van der Waals surface area (Å²) in [5.41, 5.74) is 0.0606. The second-order valence-electron chi connectivity index (χ2n) is 10.3. The first-order valence-corrected chi connectivity index (χ1v) is 11.8. The van der Waals surface area contributed by atoms with Crippen molar-refractivity contribution in [2.75, 3.05) is 59.9 Å². The van der Waals surface area contributed by atoms with Crippen LogP contribution >= 0.6 is 0 Å². The van der Waals surface area contributed by atoms with Crippen LogP contribution in [-0.2, 0) is 9.59 Å². The van der Waals surface area contributed by atoms with Gasteiger partial charge in [0.15, 0.2) is 0 Å². The van der Waals surface area contributed by atoms with Crippen LogP contribution in [-0.4, -0.2) is 120 Å². The second-order valence-corrected chi connectivity index (χ2v) is 10.3. The lowest BCUT2D eigenvalue weighted by atomic mass is 9.97.